The number of carbonyl (C=O) groups excluding carboxylic acids is 1. The van der Waals surface area contributed by atoms with Gasteiger partial charge in [-0.3, -0.25) is 19.7 Å². The Morgan fingerprint density at radius 3 is 2.72 bits per heavy atom. The fourth-order valence-corrected chi connectivity index (χ4v) is 1.24. The molecule has 0 spiro atoms. The van der Waals surface area contributed by atoms with Crippen LogP contribution in [0.1, 0.15) is 17.3 Å². The lowest BCUT2D eigenvalue weighted by molar-refractivity contribution is -0.385. The maximum absolute atomic E-state index is 11.7. The average molecular weight is 274 g/mol. The lowest BCUT2D eigenvalue weighted by Gasteiger charge is -2.09. The zero-order valence-corrected chi connectivity index (χ0v) is 9.84. The number of rotatable bonds is 4. The highest BCUT2D eigenvalue weighted by Crippen LogP contribution is 2.20. The first-order valence-electron chi connectivity index (χ1n) is 4.66. The average Bonchev–Trinajstić information content (AvgIpc) is 2.28. The minimum atomic E-state index is -1.26. The van der Waals surface area contributed by atoms with Crippen LogP contribution < -0.4 is 5.32 Å². The van der Waals surface area contributed by atoms with Crippen LogP contribution in [0.5, 0.6) is 0 Å². The predicted octanol–water partition coefficient (Wildman–Crippen LogP) is 0.846. The molecule has 2 N–H and O–H groups in total. The molecule has 1 atom stereocenters. The van der Waals surface area contributed by atoms with Gasteiger partial charge in [-0.05, 0) is 13.0 Å². The van der Waals surface area contributed by atoms with Crippen LogP contribution in [0.2, 0.25) is 5.15 Å². The zero-order chi connectivity index (χ0) is 13.9. The van der Waals surface area contributed by atoms with E-state index in [1.165, 1.54) is 6.92 Å². The van der Waals surface area contributed by atoms with Crippen LogP contribution in [0.4, 0.5) is 5.69 Å². The lowest BCUT2D eigenvalue weighted by atomic mass is 10.2. The highest BCUT2D eigenvalue weighted by Gasteiger charge is 2.24. The fourth-order valence-electron chi connectivity index (χ4n) is 1.09. The number of carbonyl (C=O) groups is 2. The molecule has 0 saturated carbocycles. The number of pyridine rings is 1. The Hall–Kier alpha value is -2.22. The van der Waals surface area contributed by atoms with Gasteiger partial charge in [-0.15, -0.1) is 0 Å². The Kier molecular flexibility index (Phi) is 4.16. The van der Waals surface area contributed by atoms with Gasteiger partial charge in [0.05, 0.1) is 4.92 Å². The minimum absolute atomic E-state index is 0.103. The van der Waals surface area contributed by atoms with Gasteiger partial charge in [0.15, 0.2) is 0 Å². The molecule has 8 nitrogen and oxygen atoms in total. The van der Waals surface area contributed by atoms with E-state index in [4.69, 9.17) is 16.7 Å². The molecule has 0 aliphatic rings. The summed E-state index contributed by atoms with van der Waals surface area (Å²) in [6.45, 7) is 1.23. The Bertz CT molecular complexity index is 519. The summed E-state index contributed by atoms with van der Waals surface area (Å²) in [5.74, 6) is -2.16. The van der Waals surface area contributed by atoms with Gasteiger partial charge in [0.2, 0.25) is 0 Å². The number of amides is 1. The van der Waals surface area contributed by atoms with Gasteiger partial charge in [0.1, 0.15) is 23.0 Å². The quantitative estimate of drug-likeness (QED) is 0.476. The molecule has 1 aromatic heterocycles. The normalized spacial score (nSPS) is 11.7. The van der Waals surface area contributed by atoms with Crippen molar-refractivity contribution in [3.63, 3.8) is 0 Å². The van der Waals surface area contributed by atoms with Gasteiger partial charge < -0.3 is 10.4 Å². The van der Waals surface area contributed by atoms with E-state index in [0.29, 0.717) is 0 Å². The van der Waals surface area contributed by atoms with Crippen LogP contribution in [0.25, 0.3) is 0 Å². The summed E-state index contributed by atoms with van der Waals surface area (Å²) in [6.07, 6.45) is 0.836. The molecule has 96 valence electrons. The van der Waals surface area contributed by atoms with Crippen molar-refractivity contribution in [2.24, 2.45) is 0 Å². The summed E-state index contributed by atoms with van der Waals surface area (Å²) in [5.41, 5.74) is -0.886. The molecule has 0 saturated heterocycles. The van der Waals surface area contributed by atoms with E-state index in [9.17, 15) is 19.7 Å². The lowest BCUT2D eigenvalue weighted by Crippen LogP contribution is -2.38. The van der Waals surface area contributed by atoms with E-state index in [0.717, 1.165) is 12.3 Å². The van der Waals surface area contributed by atoms with E-state index in [-0.39, 0.29) is 10.7 Å². The molecular weight excluding hydrogens is 266 g/mol. The standard InChI is InChI=1S/C9H8ClN3O5/c1-4(9(15)16)12-8(14)5-2-7(10)11-3-6(5)13(17)18/h2-4H,1H3,(H,12,14)(H,15,16)/t4-/m1/s1. The molecule has 0 aliphatic carbocycles. The van der Waals surface area contributed by atoms with Gasteiger partial charge in [-0.25, -0.2) is 4.98 Å². The first-order valence-corrected chi connectivity index (χ1v) is 5.04. The number of aliphatic carboxylic acids is 1. The first kappa shape index (κ1) is 13.8. The number of nitro groups is 1. The number of nitrogens with one attached hydrogen (secondary N) is 1. The summed E-state index contributed by atoms with van der Waals surface area (Å²) < 4.78 is 0. The number of carboxylic acid groups (broad SMARTS) is 1. The predicted molar refractivity (Wildman–Crippen MR) is 60.5 cm³/mol. The second-order valence-electron chi connectivity index (χ2n) is 3.31. The number of nitrogens with zero attached hydrogens (tertiary/aromatic N) is 2. The molecule has 0 radical (unpaired) electrons. The number of hydrogen-bond donors (Lipinski definition) is 2. The molecular formula is C9H8ClN3O5. The van der Waals surface area contributed by atoms with E-state index < -0.39 is 28.5 Å². The van der Waals surface area contributed by atoms with Crippen LogP contribution in [-0.4, -0.2) is 32.9 Å². The molecule has 9 heteroatoms. The molecule has 1 aromatic rings. The Morgan fingerprint density at radius 1 is 1.61 bits per heavy atom. The van der Waals surface area contributed by atoms with Gasteiger partial charge in [-0.2, -0.15) is 0 Å². The monoisotopic (exact) mass is 273 g/mol. The third-order valence-electron chi connectivity index (χ3n) is 2.01. The second kappa shape index (κ2) is 5.41. The van der Waals surface area contributed by atoms with Crippen molar-refractivity contribution in [3.05, 3.63) is 33.1 Å². The molecule has 1 heterocycles. The molecule has 0 fully saturated rings. The molecule has 18 heavy (non-hydrogen) atoms. The maximum Gasteiger partial charge on any atom is 0.325 e. The van der Waals surface area contributed by atoms with Crippen molar-refractivity contribution in [1.82, 2.24) is 10.3 Å². The third-order valence-corrected chi connectivity index (χ3v) is 2.22. The summed E-state index contributed by atoms with van der Waals surface area (Å²) in [5, 5.41) is 21.3. The highest BCUT2D eigenvalue weighted by atomic mass is 35.5. The molecule has 0 aromatic carbocycles. The van der Waals surface area contributed by atoms with E-state index in [1.54, 1.807) is 0 Å². The van der Waals surface area contributed by atoms with Crippen molar-refractivity contribution in [2.75, 3.05) is 0 Å². The molecule has 0 aliphatic heterocycles. The first-order chi connectivity index (χ1) is 8.32. The van der Waals surface area contributed by atoms with Gasteiger partial charge in [-0.1, -0.05) is 11.6 Å². The van der Waals surface area contributed by atoms with Gasteiger partial charge >= 0.3 is 5.97 Å². The molecule has 1 rings (SSSR count). The summed E-state index contributed by atoms with van der Waals surface area (Å²) in [6, 6.07) is -0.173. The third kappa shape index (κ3) is 3.14. The van der Waals surface area contributed by atoms with Crippen LogP contribution in [0.3, 0.4) is 0 Å². The van der Waals surface area contributed by atoms with Crippen LogP contribution >= 0.6 is 11.6 Å². The van der Waals surface area contributed by atoms with Gasteiger partial charge in [0.25, 0.3) is 11.6 Å². The summed E-state index contributed by atoms with van der Waals surface area (Å²) in [7, 11) is 0. The molecule has 0 bridgehead atoms. The van der Waals surface area contributed by atoms with E-state index >= 15 is 0 Å². The number of halogens is 1. The second-order valence-corrected chi connectivity index (χ2v) is 3.70. The topological polar surface area (TPSA) is 122 Å². The fraction of sp³-hybridized carbons (Fsp3) is 0.222. The van der Waals surface area contributed by atoms with Gasteiger partial charge in [0, 0.05) is 0 Å². The highest BCUT2D eigenvalue weighted by molar-refractivity contribution is 6.29. The number of carboxylic acids is 1. The smallest absolute Gasteiger partial charge is 0.325 e. The van der Waals surface area contributed by atoms with Crippen LogP contribution in [-0.2, 0) is 4.79 Å². The number of aromatic nitrogens is 1. The summed E-state index contributed by atoms with van der Waals surface area (Å²) in [4.78, 5) is 35.6. The Balaban J connectivity index is 3.08. The molecule has 0 unspecified atom stereocenters. The Labute approximate surface area is 106 Å². The van der Waals surface area contributed by atoms with Crippen LogP contribution in [0.15, 0.2) is 12.3 Å². The SMILES string of the molecule is C[C@@H](NC(=O)c1cc(Cl)ncc1[N+](=O)[O-])C(=O)O. The van der Waals surface area contributed by atoms with E-state index in [2.05, 4.69) is 10.3 Å². The zero-order valence-electron chi connectivity index (χ0n) is 9.08. The largest absolute Gasteiger partial charge is 0.480 e. The van der Waals surface area contributed by atoms with Crippen molar-refractivity contribution in [2.45, 2.75) is 13.0 Å². The van der Waals surface area contributed by atoms with Crippen LogP contribution in [0, 0.1) is 10.1 Å². The minimum Gasteiger partial charge on any atom is -0.480 e. The number of hydrogen-bond acceptors (Lipinski definition) is 5. The van der Waals surface area contributed by atoms with Crippen molar-refractivity contribution < 1.29 is 19.6 Å². The van der Waals surface area contributed by atoms with Crippen molar-refractivity contribution in [3.8, 4) is 0 Å². The van der Waals surface area contributed by atoms with Crippen molar-refractivity contribution >= 4 is 29.2 Å². The maximum atomic E-state index is 11.7. The molecule has 1 amide bonds. The van der Waals surface area contributed by atoms with Crippen molar-refractivity contribution in [1.29, 1.82) is 0 Å². The summed E-state index contributed by atoms with van der Waals surface area (Å²) >= 11 is 5.53. The van der Waals surface area contributed by atoms with E-state index in [1.807, 2.05) is 0 Å². The Morgan fingerprint density at radius 2 is 2.22 bits per heavy atom.